The quantitative estimate of drug-likeness (QED) is 0.861. The molecule has 1 aliphatic heterocycles. The molecule has 23 heavy (non-hydrogen) atoms. The van der Waals surface area contributed by atoms with Crippen LogP contribution in [0.4, 0.5) is 4.39 Å². The van der Waals surface area contributed by atoms with Crippen LogP contribution < -0.4 is 10.5 Å². The Balaban J connectivity index is 1.72. The zero-order chi connectivity index (χ0) is 16.8. The van der Waals surface area contributed by atoms with Gasteiger partial charge in [0.15, 0.2) is 0 Å². The molecule has 1 fully saturated rings. The van der Waals surface area contributed by atoms with Gasteiger partial charge in [0, 0.05) is 45.6 Å². The summed E-state index contributed by atoms with van der Waals surface area (Å²) in [7, 11) is 0. The van der Waals surface area contributed by atoms with Crippen LogP contribution in [0.25, 0.3) is 0 Å². The van der Waals surface area contributed by atoms with Crippen molar-refractivity contribution in [3.05, 3.63) is 30.1 Å². The minimum Gasteiger partial charge on any atom is -0.492 e. The summed E-state index contributed by atoms with van der Waals surface area (Å²) in [6.45, 7) is 3.89. The number of nitrogens with zero attached hydrogens (tertiary/aromatic N) is 2. The third-order valence-electron chi connectivity index (χ3n) is 3.79. The maximum Gasteiger partial charge on any atom is 0.224 e. The van der Waals surface area contributed by atoms with E-state index in [1.165, 1.54) is 31.2 Å². The van der Waals surface area contributed by atoms with Crippen LogP contribution in [0.15, 0.2) is 24.3 Å². The van der Waals surface area contributed by atoms with Crippen LogP contribution in [0.2, 0.25) is 0 Å². The highest BCUT2D eigenvalue weighted by Crippen LogP contribution is 2.12. The monoisotopic (exact) mass is 323 g/mol. The summed E-state index contributed by atoms with van der Waals surface area (Å²) >= 11 is 0. The summed E-state index contributed by atoms with van der Waals surface area (Å²) in [5.74, 6) is 0.177. The Kier molecular flexibility index (Phi) is 5.92. The normalized spacial score (nSPS) is 16.1. The lowest BCUT2D eigenvalue weighted by Gasteiger charge is -2.34. The molecule has 7 heteroatoms. The highest BCUT2D eigenvalue weighted by molar-refractivity contribution is 5.78. The van der Waals surface area contributed by atoms with Crippen molar-refractivity contribution in [2.24, 2.45) is 5.73 Å². The van der Waals surface area contributed by atoms with E-state index in [0.717, 1.165) is 0 Å². The van der Waals surface area contributed by atoms with E-state index in [0.29, 0.717) is 31.9 Å². The topological polar surface area (TPSA) is 75.9 Å². The summed E-state index contributed by atoms with van der Waals surface area (Å²) in [5, 5.41) is 0. The van der Waals surface area contributed by atoms with Gasteiger partial charge in [0.05, 0.1) is 0 Å². The van der Waals surface area contributed by atoms with E-state index in [1.54, 1.807) is 9.80 Å². The highest BCUT2D eigenvalue weighted by Gasteiger charge is 2.23. The molecule has 1 aromatic carbocycles. The van der Waals surface area contributed by atoms with Crippen LogP contribution in [0.3, 0.4) is 0 Å². The molecule has 1 heterocycles. The summed E-state index contributed by atoms with van der Waals surface area (Å²) in [6.07, 6.45) is 0.182. The van der Waals surface area contributed by atoms with Gasteiger partial charge in [-0.15, -0.1) is 0 Å². The Labute approximate surface area is 135 Å². The Morgan fingerprint density at radius 2 is 1.74 bits per heavy atom. The van der Waals surface area contributed by atoms with Gasteiger partial charge in [0.2, 0.25) is 11.8 Å². The maximum atomic E-state index is 12.8. The van der Waals surface area contributed by atoms with Crippen molar-refractivity contribution in [2.45, 2.75) is 19.4 Å². The summed E-state index contributed by atoms with van der Waals surface area (Å²) in [6, 6.07) is 5.22. The van der Waals surface area contributed by atoms with Gasteiger partial charge in [-0.1, -0.05) is 0 Å². The van der Waals surface area contributed by atoms with Crippen molar-refractivity contribution in [3.63, 3.8) is 0 Å². The molecule has 0 aromatic heterocycles. The highest BCUT2D eigenvalue weighted by atomic mass is 19.1. The van der Waals surface area contributed by atoms with E-state index >= 15 is 0 Å². The first-order valence-electron chi connectivity index (χ1n) is 7.63. The minimum absolute atomic E-state index is 0.0292. The number of carbonyl (C=O) groups excluding carboxylic acids is 2. The number of hydrogen-bond acceptors (Lipinski definition) is 4. The third kappa shape index (κ3) is 5.21. The number of benzene rings is 1. The molecule has 0 spiro atoms. The Morgan fingerprint density at radius 3 is 2.30 bits per heavy atom. The SMILES string of the molecule is CC(=O)N1CCN(C(=O)C[C@H](N)COc2ccc(F)cc2)CC1. The molecule has 0 aliphatic carbocycles. The zero-order valence-electron chi connectivity index (χ0n) is 13.2. The number of hydrogen-bond donors (Lipinski definition) is 1. The molecule has 0 bridgehead atoms. The van der Waals surface area contributed by atoms with Crippen LogP contribution in [-0.2, 0) is 9.59 Å². The summed E-state index contributed by atoms with van der Waals surface area (Å²) < 4.78 is 18.2. The first kappa shape index (κ1) is 17.2. The molecule has 0 saturated carbocycles. The van der Waals surface area contributed by atoms with E-state index in [4.69, 9.17) is 10.5 Å². The molecule has 2 amide bonds. The molecule has 126 valence electrons. The van der Waals surface area contributed by atoms with Gasteiger partial charge in [-0.25, -0.2) is 4.39 Å². The van der Waals surface area contributed by atoms with Crippen molar-refractivity contribution in [1.29, 1.82) is 0 Å². The van der Waals surface area contributed by atoms with E-state index in [1.807, 2.05) is 0 Å². The van der Waals surface area contributed by atoms with E-state index in [9.17, 15) is 14.0 Å². The number of ether oxygens (including phenoxy) is 1. The average molecular weight is 323 g/mol. The van der Waals surface area contributed by atoms with Crippen LogP contribution in [0.5, 0.6) is 5.75 Å². The first-order valence-corrected chi connectivity index (χ1v) is 7.63. The Bertz CT molecular complexity index is 542. The van der Waals surface area contributed by atoms with E-state index < -0.39 is 6.04 Å². The molecule has 1 aliphatic rings. The number of carbonyl (C=O) groups is 2. The van der Waals surface area contributed by atoms with E-state index in [-0.39, 0.29) is 30.7 Å². The molecule has 1 aromatic rings. The van der Waals surface area contributed by atoms with Crippen LogP contribution in [-0.4, -0.2) is 60.4 Å². The fraction of sp³-hybridized carbons (Fsp3) is 0.500. The first-order chi connectivity index (χ1) is 11.0. The Morgan fingerprint density at radius 1 is 1.17 bits per heavy atom. The molecular formula is C16H22FN3O3. The summed E-state index contributed by atoms with van der Waals surface area (Å²) in [5.41, 5.74) is 5.92. The molecule has 2 N–H and O–H groups in total. The van der Waals surface area contributed by atoms with Gasteiger partial charge < -0.3 is 20.3 Å². The minimum atomic E-state index is -0.432. The van der Waals surface area contributed by atoms with Gasteiger partial charge >= 0.3 is 0 Å². The molecule has 1 saturated heterocycles. The van der Waals surface area contributed by atoms with Gasteiger partial charge in [-0.05, 0) is 24.3 Å². The van der Waals surface area contributed by atoms with Crippen LogP contribution >= 0.6 is 0 Å². The lowest BCUT2D eigenvalue weighted by molar-refractivity contribution is -0.138. The lowest BCUT2D eigenvalue weighted by Crippen LogP contribution is -2.51. The van der Waals surface area contributed by atoms with Crippen molar-refractivity contribution < 1.29 is 18.7 Å². The van der Waals surface area contributed by atoms with Gasteiger partial charge in [-0.2, -0.15) is 0 Å². The lowest BCUT2D eigenvalue weighted by atomic mass is 10.2. The second-order valence-electron chi connectivity index (χ2n) is 5.62. The van der Waals surface area contributed by atoms with Crippen LogP contribution in [0, 0.1) is 5.82 Å². The molecule has 6 nitrogen and oxygen atoms in total. The van der Waals surface area contributed by atoms with Crippen molar-refractivity contribution in [1.82, 2.24) is 9.80 Å². The third-order valence-corrected chi connectivity index (χ3v) is 3.79. The number of rotatable bonds is 5. The predicted octanol–water partition coefficient (Wildman–Crippen LogP) is 0.613. The molecule has 0 unspecified atom stereocenters. The number of nitrogens with two attached hydrogens (primary N) is 1. The van der Waals surface area contributed by atoms with Crippen molar-refractivity contribution in [3.8, 4) is 5.75 Å². The van der Waals surface area contributed by atoms with Gasteiger partial charge in [0.1, 0.15) is 18.2 Å². The van der Waals surface area contributed by atoms with Crippen molar-refractivity contribution >= 4 is 11.8 Å². The molecule has 0 radical (unpaired) electrons. The standard InChI is InChI=1S/C16H22FN3O3/c1-12(21)19-6-8-20(9-7-19)16(22)10-14(18)11-23-15-4-2-13(17)3-5-15/h2-5,14H,6-11,18H2,1H3/t14-/m0/s1. The molecular weight excluding hydrogens is 301 g/mol. The van der Waals surface area contributed by atoms with Crippen LogP contribution in [0.1, 0.15) is 13.3 Å². The molecule has 2 rings (SSSR count). The maximum absolute atomic E-state index is 12.8. The second-order valence-corrected chi connectivity index (χ2v) is 5.62. The average Bonchev–Trinajstić information content (AvgIpc) is 2.54. The van der Waals surface area contributed by atoms with Gasteiger partial charge in [0.25, 0.3) is 0 Å². The zero-order valence-corrected chi connectivity index (χ0v) is 13.2. The second kappa shape index (κ2) is 7.92. The number of piperazine rings is 1. The molecule has 1 atom stereocenters. The fourth-order valence-corrected chi connectivity index (χ4v) is 2.42. The summed E-state index contributed by atoms with van der Waals surface area (Å²) in [4.78, 5) is 26.9. The van der Waals surface area contributed by atoms with E-state index in [2.05, 4.69) is 0 Å². The Hall–Kier alpha value is -2.15. The smallest absolute Gasteiger partial charge is 0.224 e. The van der Waals surface area contributed by atoms with Crippen molar-refractivity contribution in [2.75, 3.05) is 32.8 Å². The van der Waals surface area contributed by atoms with Gasteiger partial charge in [-0.3, -0.25) is 9.59 Å². The number of halogens is 1. The fourth-order valence-electron chi connectivity index (χ4n) is 2.42. The largest absolute Gasteiger partial charge is 0.492 e. The number of amides is 2. The predicted molar refractivity (Wildman–Crippen MR) is 83.3 cm³/mol.